The third-order valence-electron chi connectivity index (χ3n) is 3.18. The van der Waals surface area contributed by atoms with Crippen molar-refractivity contribution >= 4 is 5.78 Å². The molecule has 1 aliphatic rings. The van der Waals surface area contributed by atoms with Crippen molar-refractivity contribution in [2.75, 3.05) is 13.1 Å². The van der Waals surface area contributed by atoms with Crippen LogP contribution in [0.25, 0.3) is 0 Å². The molecule has 2 heteroatoms. The summed E-state index contributed by atoms with van der Waals surface area (Å²) >= 11 is 0. The summed E-state index contributed by atoms with van der Waals surface area (Å²) in [6, 6.07) is 0. The Balaban J connectivity index is 2.12. The van der Waals surface area contributed by atoms with Crippen molar-refractivity contribution in [1.29, 1.82) is 0 Å². The van der Waals surface area contributed by atoms with E-state index in [4.69, 9.17) is 0 Å². The van der Waals surface area contributed by atoms with E-state index < -0.39 is 0 Å². The summed E-state index contributed by atoms with van der Waals surface area (Å²) in [4.78, 5) is 11.6. The molecule has 2 nitrogen and oxygen atoms in total. The zero-order valence-electron chi connectivity index (χ0n) is 9.85. The molecular weight excluding hydrogens is 186 g/mol. The maximum Gasteiger partial charge on any atom is 0.136 e. The van der Waals surface area contributed by atoms with Crippen molar-refractivity contribution in [1.82, 2.24) is 5.32 Å². The number of carbonyl (C=O) groups is 1. The molecule has 1 unspecified atom stereocenters. The highest BCUT2D eigenvalue weighted by Gasteiger charge is 2.14. The van der Waals surface area contributed by atoms with Crippen LogP contribution in [0.3, 0.4) is 0 Å². The van der Waals surface area contributed by atoms with Crippen molar-refractivity contribution < 1.29 is 4.79 Å². The maximum absolute atomic E-state index is 11.6. The zero-order valence-corrected chi connectivity index (χ0v) is 9.85. The van der Waals surface area contributed by atoms with Gasteiger partial charge in [0, 0.05) is 12.8 Å². The molecule has 1 aliphatic heterocycles. The second kappa shape index (κ2) is 6.78. The van der Waals surface area contributed by atoms with Crippen LogP contribution in [0.2, 0.25) is 0 Å². The van der Waals surface area contributed by atoms with Gasteiger partial charge in [-0.05, 0) is 44.7 Å². The zero-order chi connectivity index (χ0) is 11.1. The van der Waals surface area contributed by atoms with E-state index in [0.29, 0.717) is 12.2 Å². The molecule has 86 valence electrons. The molecule has 0 aromatic rings. The van der Waals surface area contributed by atoms with E-state index in [9.17, 15) is 4.79 Å². The van der Waals surface area contributed by atoms with Crippen molar-refractivity contribution in [2.24, 2.45) is 5.92 Å². The van der Waals surface area contributed by atoms with Gasteiger partial charge in [0.2, 0.25) is 0 Å². The van der Waals surface area contributed by atoms with Crippen LogP contribution < -0.4 is 5.32 Å². The summed E-state index contributed by atoms with van der Waals surface area (Å²) in [6.45, 7) is 8.18. The first-order chi connectivity index (χ1) is 7.22. The number of allylic oxidation sites excluding steroid dienone is 1. The first kappa shape index (κ1) is 12.4. The van der Waals surface area contributed by atoms with Gasteiger partial charge in [-0.3, -0.25) is 4.79 Å². The number of hydrogen-bond donors (Lipinski definition) is 1. The molecule has 1 heterocycles. The van der Waals surface area contributed by atoms with Crippen molar-refractivity contribution in [3.63, 3.8) is 0 Å². The molecule has 1 rings (SSSR count). The van der Waals surface area contributed by atoms with Crippen LogP contribution >= 0.6 is 0 Å². The minimum atomic E-state index is 0.368. The van der Waals surface area contributed by atoms with E-state index in [2.05, 4.69) is 18.8 Å². The summed E-state index contributed by atoms with van der Waals surface area (Å²) in [5.74, 6) is 1.09. The van der Waals surface area contributed by atoms with Gasteiger partial charge >= 0.3 is 0 Å². The predicted molar refractivity (Wildman–Crippen MR) is 63.9 cm³/mol. The van der Waals surface area contributed by atoms with Crippen molar-refractivity contribution in [3.05, 3.63) is 12.2 Å². The fourth-order valence-electron chi connectivity index (χ4n) is 2.03. The lowest BCUT2D eigenvalue weighted by Crippen LogP contribution is -2.30. The molecule has 0 amide bonds. The molecule has 0 spiro atoms. The highest BCUT2D eigenvalue weighted by Crippen LogP contribution is 2.17. The third-order valence-corrected chi connectivity index (χ3v) is 3.18. The van der Waals surface area contributed by atoms with Gasteiger partial charge in [0.1, 0.15) is 5.78 Å². The summed E-state index contributed by atoms with van der Waals surface area (Å²) in [7, 11) is 0. The van der Waals surface area contributed by atoms with Gasteiger partial charge in [0.05, 0.1) is 0 Å². The molecular formula is C13H23NO. The number of nitrogens with one attached hydrogen (secondary N) is 1. The summed E-state index contributed by atoms with van der Waals surface area (Å²) in [5.41, 5.74) is 1.07. The second-order valence-corrected chi connectivity index (χ2v) is 4.57. The molecule has 0 aliphatic carbocycles. The van der Waals surface area contributed by atoms with Crippen LogP contribution in [-0.2, 0) is 4.79 Å². The Kier molecular flexibility index (Phi) is 5.62. The molecule has 0 bridgehead atoms. The van der Waals surface area contributed by atoms with Crippen molar-refractivity contribution in [2.45, 2.75) is 45.4 Å². The average Bonchev–Trinajstić information content (AvgIpc) is 2.27. The van der Waals surface area contributed by atoms with Crippen molar-refractivity contribution in [3.8, 4) is 0 Å². The van der Waals surface area contributed by atoms with E-state index in [1.54, 1.807) is 0 Å². The highest BCUT2D eigenvalue weighted by atomic mass is 16.1. The third kappa shape index (κ3) is 5.12. The molecule has 1 atom stereocenters. The highest BCUT2D eigenvalue weighted by molar-refractivity contribution is 5.80. The van der Waals surface area contributed by atoms with Crippen LogP contribution in [0, 0.1) is 5.92 Å². The van der Waals surface area contributed by atoms with Gasteiger partial charge < -0.3 is 5.32 Å². The van der Waals surface area contributed by atoms with Gasteiger partial charge in [-0.2, -0.15) is 0 Å². The number of carbonyl (C=O) groups excluding carboxylic acids is 1. The van der Waals surface area contributed by atoms with E-state index in [1.807, 2.05) is 0 Å². The monoisotopic (exact) mass is 209 g/mol. The Hall–Kier alpha value is -0.630. The standard InChI is InChI=1S/C13H23NO/c1-3-11(2)9-13(15)7-6-12-5-4-8-14-10-12/h12,14H,2-10H2,1H3. The van der Waals surface area contributed by atoms with Gasteiger partial charge in [-0.15, -0.1) is 0 Å². The quantitative estimate of drug-likeness (QED) is 0.681. The fraction of sp³-hybridized carbons (Fsp3) is 0.769. The number of Topliss-reactive ketones (excluding diaryl/α,β-unsaturated/α-hetero) is 1. The number of ketones is 1. The van der Waals surface area contributed by atoms with E-state index in [-0.39, 0.29) is 0 Å². The molecule has 1 saturated heterocycles. The van der Waals surface area contributed by atoms with Gasteiger partial charge in [0.15, 0.2) is 0 Å². The van der Waals surface area contributed by atoms with Crippen LogP contribution in [0.1, 0.15) is 45.4 Å². The molecule has 0 aromatic carbocycles. The van der Waals surface area contributed by atoms with Gasteiger partial charge in [0.25, 0.3) is 0 Å². The first-order valence-electron chi connectivity index (χ1n) is 6.11. The Morgan fingerprint density at radius 3 is 2.93 bits per heavy atom. The fourth-order valence-corrected chi connectivity index (χ4v) is 2.03. The van der Waals surface area contributed by atoms with Gasteiger partial charge in [-0.1, -0.05) is 19.1 Å². The lowest BCUT2D eigenvalue weighted by atomic mass is 9.92. The first-order valence-corrected chi connectivity index (χ1v) is 6.11. The van der Waals surface area contributed by atoms with E-state index in [1.165, 1.54) is 12.8 Å². The predicted octanol–water partition coefficient (Wildman–Crippen LogP) is 2.69. The smallest absolute Gasteiger partial charge is 0.136 e. The van der Waals surface area contributed by atoms with Crippen LogP contribution in [-0.4, -0.2) is 18.9 Å². The van der Waals surface area contributed by atoms with E-state index in [0.717, 1.165) is 43.8 Å². The van der Waals surface area contributed by atoms with Crippen LogP contribution in [0.15, 0.2) is 12.2 Å². The Bertz CT molecular complexity index is 217. The minimum Gasteiger partial charge on any atom is -0.316 e. The van der Waals surface area contributed by atoms with E-state index >= 15 is 0 Å². The number of rotatable bonds is 6. The topological polar surface area (TPSA) is 29.1 Å². The molecule has 1 fully saturated rings. The largest absolute Gasteiger partial charge is 0.316 e. The molecule has 0 aromatic heterocycles. The molecule has 15 heavy (non-hydrogen) atoms. The Morgan fingerprint density at radius 2 is 2.33 bits per heavy atom. The molecule has 1 N–H and O–H groups in total. The number of hydrogen-bond acceptors (Lipinski definition) is 2. The average molecular weight is 209 g/mol. The Labute approximate surface area is 93.1 Å². The molecule has 0 radical (unpaired) electrons. The SMILES string of the molecule is C=C(CC)CC(=O)CCC1CCCNC1. The maximum atomic E-state index is 11.6. The second-order valence-electron chi connectivity index (χ2n) is 4.57. The molecule has 0 saturated carbocycles. The lowest BCUT2D eigenvalue weighted by molar-refractivity contribution is -0.118. The summed E-state index contributed by atoms with van der Waals surface area (Å²) in [5, 5.41) is 3.38. The number of piperidine rings is 1. The normalized spacial score (nSPS) is 21.3. The summed E-state index contributed by atoms with van der Waals surface area (Å²) < 4.78 is 0. The van der Waals surface area contributed by atoms with Crippen LogP contribution in [0.4, 0.5) is 0 Å². The minimum absolute atomic E-state index is 0.368. The Morgan fingerprint density at radius 1 is 1.53 bits per heavy atom. The van der Waals surface area contributed by atoms with Crippen LogP contribution in [0.5, 0.6) is 0 Å². The lowest BCUT2D eigenvalue weighted by Gasteiger charge is -2.22. The van der Waals surface area contributed by atoms with Gasteiger partial charge in [-0.25, -0.2) is 0 Å². The summed E-state index contributed by atoms with van der Waals surface area (Å²) in [6.07, 6.45) is 5.87.